The monoisotopic (exact) mass is 719 g/mol. The molecule has 15 heteroatoms. The number of carbonyl (C=O) groups is 4. The van der Waals surface area contributed by atoms with E-state index in [4.69, 9.17) is 25.8 Å². The number of anilines is 1. The number of unbranched alkanes of at least 4 members (excludes halogenated alkanes) is 1. The number of hydrogen-bond acceptors (Lipinski definition) is 9. The Kier molecular flexibility index (Phi) is 14.7. The molecule has 2 aromatic carbocycles. The van der Waals surface area contributed by atoms with Gasteiger partial charge in [0.15, 0.2) is 0 Å². The zero-order valence-electron chi connectivity index (χ0n) is 29.0. The molecule has 0 spiro atoms. The van der Waals surface area contributed by atoms with Gasteiger partial charge in [-0.15, -0.1) is 0 Å². The van der Waals surface area contributed by atoms with Crippen LogP contribution in [-0.2, 0) is 30.3 Å². The molecule has 0 aliphatic heterocycles. The molecule has 50 heavy (non-hydrogen) atoms. The van der Waals surface area contributed by atoms with Crippen molar-refractivity contribution in [1.82, 2.24) is 20.7 Å². The van der Waals surface area contributed by atoms with Crippen LogP contribution in [0.15, 0.2) is 48.7 Å². The number of nitrogens with one attached hydrogen (secondary N) is 3. The number of fused-ring (bicyclic) bond motifs is 1. The Morgan fingerprint density at radius 1 is 0.980 bits per heavy atom. The molecule has 272 valence electrons. The number of benzene rings is 2. The van der Waals surface area contributed by atoms with Crippen LogP contribution in [0.1, 0.15) is 66.4 Å². The van der Waals surface area contributed by atoms with E-state index in [9.17, 15) is 28.0 Å². The fourth-order valence-electron chi connectivity index (χ4n) is 4.81. The van der Waals surface area contributed by atoms with Crippen molar-refractivity contribution in [1.29, 1.82) is 0 Å². The molecular formula is C35H44ClF2N5O7. The Morgan fingerprint density at radius 2 is 1.72 bits per heavy atom. The van der Waals surface area contributed by atoms with Crippen molar-refractivity contribution in [3.8, 4) is 0 Å². The van der Waals surface area contributed by atoms with E-state index >= 15 is 0 Å². The van der Waals surface area contributed by atoms with Gasteiger partial charge in [-0.2, -0.15) is 0 Å². The molecule has 0 bridgehead atoms. The Balaban J connectivity index is 1.64. The highest BCUT2D eigenvalue weighted by Gasteiger charge is 2.28. The molecule has 0 aliphatic rings. The fourth-order valence-corrected chi connectivity index (χ4v) is 5.00. The highest BCUT2D eigenvalue weighted by atomic mass is 35.5. The first kappa shape index (κ1) is 39.9. The van der Waals surface area contributed by atoms with Gasteiger partial charge in [-0.3, -0.25) is 15.1 Å². The third-order valence-corrected chi connectivity index (χ3v) is 7.69. The van der Waals surface area contributed by atoms with Gasteiger partial charge in [-0.1, -0.05) is 37.6 Å². The van der Waals surface area contributed by atoms with E-state index in [0.29, 0.717) is 35.6 Å². The SMILES string of the molecule is CC(=O)N(NCc1cccc(F)c1Cl)[C@@H](CCCCOC(=O)[C@@H](NC(=O)OC(C)(C)C)C(C)C)COC(=O)Nc1cc2cc(F)ccc2cn1. The van der Waals surface area contributed by atoms with E-state index < -0.39 is 53.4 Å². The van der Waals surface area contributed by atoms with Gasteiger partial charge in [0.25, 0.3) is 0 Å². The molecule has 2 atom stereocenters. The van der Waals surface area contributed by atoms with Crippen molar-refractivity contribution in [2.24, 2.45) is 5.92 Å². The summed E-state index contributed by atoms with van der Waals surface area (Å²) in [7, 11) is 0. The van der Waals surface area contributed by atoms with E-state index in [1.807, 2.05) is 0 Å². The molecule has 1 aromatic heterocycles. The maximum absolute atomic E-state index is 14.0. The van der Waals surface area contributed by atoms with Crippen LogP contribution in [0, 0.1) is 17.6 Å². The number of hydrogen-bond donors (Lipinski definition) is 3. The van der Waals surface area contributed by atoms with Crippen molar-refractivity contribution >= 4 is 52.3 Å². The molecule has 1 heterocycles. The molecule has 0 saturated heterocycles. The summed E-state index contributed by atoms with van der Waals surface area (Å²) >= 11 is 6.11. The van der Waals surface area contributed by atoms with Gasteiger partial charge < -0.3 is 19.5 Å². The first-order chi connectivity index (χ1) is 23.5. The van der Waals surface area contributed by atoms with Gasteiger partial charge >= 0.3 is 18.2 Å². The third kappa shape index (κ3) is 12.7. The highest BCUT2D eigenvalue weighted by Crippen LogP contribution is 2.21. The summed E-state index contributed by atoms with van der Waals surface area (Å²) < 4.78 is 43.9. The largest absolute Gasteiger partial charge is 0.464 e. The van der Waals surface area contributed by atoms with E-state index in [2.05, 4.69) is 21.0 Å². The molecule has 3 aromatic rings. The van der Waals surface area contributed by atoms with E-state index in [0.717, 1.165) is 0 Å². The van der Waals surface area contributed by atoms with Crippen LogP contribution in [0.3, 0.4) is 0 Å². The predicted octanol–water partition coefficient (Wildman–Crippen LogP) is 6.90. The summed E-state index contributed by atoms with van der Waals surface area (Å²) in [6, 6.07) is 8.35. The second-order valence-corrected chi connectivity index (χ2v) is 13.3. The number of alkyl carbamates (subject to hydrolysis) is 1. The molecule has 3 amide bonds. The van der Waals surface area contributed by atoms with Gasteiger partial charge in [-0.25, -0.2) is 33.6 Å². The van der Waals surface area contributed by atoms with Crippen molar-refractivity contribution in [3.05, 3.63) is 70.9 Å². The van der Waals surface area contributed by atoms with Crippen LogP contribution in [-0.4, -0.2) is 65.0 Å². The van der Waals surface area contributed by atoms with Crippen molar-refractivity contribution in [3.63, 3.8) is 0 Å². The van der Waals surface area contributed by atoms with Gasteiger partial charge in [0, 0.05) is 25.1 Å². The minimum absolute atomic E-state index is 0.00467. The Hall–Kier alpha value is -4.56. The molecule has 3 rings (SSSR count). The number of amides is 3. The lowest BCUT2D eigenvalue weighted by atomic mass is 10.1. The fraction of sp³-hybridized carbons (Fsp3) is 0.457. The summed E-state index contributed by atoms with van der Waals surface area (Å²) in [6.07, 6.45) is 0.994. The lowest BCUT2D eigenvalue weighted by Gasteiger charge is -2.31. The summed E-state index contributed by atoms with van der Waals surface area (Å²) in [5, 5.41) is 7.44. The Labute approximate surface area is 295 Å². The minimum atomic E-state index is -0.923. The minimum Gasteiger partial charge on any atom is -0.464 e. The van der Waals surface area contributed by atoms with E-state index in [1.165, 1.54) is 48.5 Å². The quantitative estimate of drug-likeness (QED) is 0.0660. The van der Waals surface area contributed by atoms with Crippen LogP contribution < -0.4 is 16.1 Å². The van der Waals surface area contributed by atoms with Crippen LogP contribution in [0.5, 0.6) is 0 Å². The van der Waals surface area contributed by atoms with Crippen LogP contribution in [0.25, 0.3) is 10.8 Å². The number of aromatic nitrogens is 1. The summed E-state index contributed by atoms with van der Waals surface area (Å²) in [4.78, 5) is 54.7. The molecule has 0 saturated carbocycles. The van der Waals surface area contributed by atoms with E-state index in [1.54, 1.807) is 46.8 Å². The van der Waals surface area contributed by atoms with Gasteiger partial charge in [-0.05, 0) is 87.2 Å². The Morgan fingerprint density at radius 3 is 2.40 bits per heavy atom. The number of rotatable bonds is 15. The molecule has 3 N–H and O–H groups in total. The van der Waals surface area contributed by atoms with Crippen LogP contribution in [0.4, 0.5) is 24.2 Å². The zero-order valence-corrected chi connectivity index (χ0v) is 29.7. The van der Waals surface area contributed by atoms with E-state index in [-0.39, 0.29) is 36.5 Å². The highest BCUT2D eigenvalue weighted by molar-refractivity contribution is 6.31. The molecule has 12 nitrogen and oxygen atoms in total. The molecule has 0 fully saturated rings. The number of hydrazine groups is 1. The van der Waals surface area contributed by atoms with Crippen LogP contribution in [0.2, 0.25) is 5.02 Å². The van der Waals surface area contributed by atoms with Gasteiger partial charge in [0.05, 0.1) is 17.7 Å². The van der Waals surface area contributed by atoms with Gasteiger partial charge in [0.2, 0.25) is 5.91 Å². The predicted molar refractivity (Wildman–Crippen MR) is 184 cm³/mol. The third-order valence-electron chi connectivity index (χ3n) is 7.27. The average Bonchev–Trinajstić information content (AvgIpc) is 3.02. The topological polar surface area (TPSA) is 148 Å². The molecule has 0 aliphatic carbocycles. The standard InChI is InChI=1S/C35H44ClF2N5O7/c1-21(2)31(42-34(47)50-35(4,5)6)32(45)48-15-8-7-11-27(43(22(3)44)40-19-24-10-9-12-28(38)30(24)36)20-49-33(46)41-29-17-25-16-26(37)14-13-23(25)18-39-29/h9-10,12-14,16-18,21,27,31,40H,7-8,11,15,19-20H2,1-6H3,(H,42,47)(H,39,41,46)/t27-,31-/m0/s1. The summed E-state index contributed by atoms with van der Waals surface area (Å²) in [6.45, 7) is 9.74. The average molecular weight is 720 g/mol. The number of nitrogens with zero attached hydrogens (tertiary/aromatic N) is 2. The summed E-state index contributed by atoms with van der Waals surface area (Å²) in [5.41, 5.74) is 2.62. The normalized spacial score (nSPS) is 12.6. The first-order valence-corrected chi connectivity index (χ1v) is 16.5. The lowest BCUT2D eigenvalue weighted by Crippen LogP contribution is -2.50. The maximum Gasteiger partial charge on any atom is 0.412 e. The smallest absolute Gasteiger partial charge is 0.412 e. The van der Waals surface area contributed by atoms with Crippen LogP contribution >= 0.6 is 11.6 Å². The van der Waals surface area contributed by atoms with Crippen molar-refractivity contribution < 1.29 is 42.2 Å². The Bertz CT molecular complexity index is 1650. The number of halogens is 3. The molecular weight excluding hydrogens is 676 g/mol. The summed E-state index contributed by atoms with van der Waals surface area (Å²) in [5.74, 6) is -2.22. The second-order valence-electron chi connectivity index (χ2n) is 12.9. The van der Waals surface area contributed by atoms with Crippen molar-refractivity contribution in [2.75, 3.05) is 18.5 Å². The zero-order chi connectivity index (χ0) is 37.0. The number of ether oxygens (including phenoxy) is 3. The maximum atomic E-state index is 14.0. The molecule has 0 unspecified atom stereocenters. The first-order valence-electron chi connectivity index (χ1n) is 16.2. The van der Waals surface area contributed by atoms with Crippen molar-refractivity contribution in [2.45, 2.75) is 85.0 Å². The molecule has 0 radical (unpaired) electrons. The van der Waals surface area contributed by atoms with Gasteiger partial charge in [0.1, 0.15) is 35.7 Å². The number of esters is 1. The lowest BCUT2D eigenvalue weighted by molar-refractivity contribution is -0.147. The number of pyridine rings is 1. The second kappa shape index (κ2) is 18.4. The number of carbonyl (C=O) groups excluding carboxylic acids is 4.